The molecule has 1 aliphatic rings. The SMILES string of the molecule is CC(=N)CC(=S)Nc1cc(NC(C(N)=O)C2CC2)c(F)cc1C(N)=O. The van der Waals surface area contributed by atoms with E-state index in [0.29, 0.717) is 10.7 Å². The molecule has 134 valence electrons. The van der Waals surface area contributed by atoms with Gasteiger partial charge in [-0.3, -0.25) is 9.59 Å². The Labute approximate surface area is 149 Å². The molecule has 2 rings (SSSR count). The zero-order valence-electron chi connectivity index (χ0n) is 13.7. The quantitative estimate of drug-likeness (QED) is 0.353. The molecule has 1 atom stereocenters. The zero-order valence-corrected chi connectivity index (χ0v) is 14.5. The Kier molecular flexibility index (Phi) is 5.68. The van der Waals surface area contributed by atoms with Crippen LogP contribution in [0.5, 0.6) is 0 Å². The molecule has 9 heteroatoms. The van der Waals surface area contributed by atoms with E-state index in [1.807, 2.05) is 0 Å². The number of thiocarbonyl (C=S) groups is 1. The van der Waals surface area contributed by atoms with Crippen LogP contribution in [0.4, 0.5) is 15.8 Å². The van der Waals surface area contributed by atoms with Crippen molar-refractivity contribution in [3.8, 4) is 0 Å². The number of hydrogen-bond donors (Lipinski definition) is 5. The van der Waals surface area contributed by atoms with E-state index in [9.17, 15) is 14.0 Å². The second-order valence-corrected chi connectivity index (χ2v) is 6.60. The molecular weight excluding hydrogens is 345 g/mol. The van der Waals surface area contributed by atoms with E-state index < -0.39 is 23.7 Å². The van der Waals surface area contributed by atoms with Crippen LogP contribution in [0.25, 0.3) is 0 Å². The van der Waals surface area contributed by atoms with Gasteiger partial charge in [0.25, 0.3) is 5.91 Å². The molecule has 7 N–H and O–H groups in total. The van der Waals surface area contributed by atoms with E-state index in [2.05, 4.69) is 10.6 Å². The first-order chi connectivity index (χ1) is 11.7. The average molecular weight is 365 g/mol. The van der Waals surface area contributed by atoms with Gasteiger partial charge in [0.05, 0.1) is 21.9 Å². The van der Waals surface area contributed by atoms with Gasteiger partial charge in [-0.1, -0.05) is 12.2 Å². The van der Waals surface area contributed by atoms with Gasteiger partial charge in [0.15, 0.2) is 0 Å². The Balaban J connectivity index is 2.32. The van der Waals surface area contributed by atoms with Crippen molar-refractivity contribution in [3.05, 3.63) is 23.5 Å². The van der Waals surface area contributed by atoms with Crippen molar-refractivity contribution < 1.29 is 14.0 Å². The Hall–Kier alpha value is -2.55. The number of carbonyl (C=O) groups is 2. The fraction of sp³-hybridized carbons (Fsp3) is 0.375. The predicted molar refractivity (Wildman–Crippen MR) is 98.5 cm³/mol. The number of nitrogens with one attached hydrogen (secondary N) is 3. The maximum Gasteiger partial charge on any atom is 0.250 e. The molecule has 0 aliphatic heterocycles. The number of carbonyl (C=O) groups excluding carboxylic acids is 2. The van der Waals surface area contributed by atoms with Gasteiger partial charge in [-0.05, 0) is 37.8 Å². The highest BCUT2D eigenvalue weighted by Crippen LogP contribution is 2.35. The van der Waals surface area contributed by atoms with Gasteiger partial charge < -0.3 is 27.5 Å². The largest absolute Gasteiger partial charge is 0.371 e. The zero-order chi connectivity index (χ0) is 18.7. The third kappa shape index (κ3) is 4.96. The number of anilines is 2. The number of rotatable bonds is 8. The van der Waals surface area contributed by atoms with Gasteiger partial charge >= 0.3 is 0 Å². The summed E-state index contributed by atoms with van der Waals surface area (Å²) in [6, 6.07) is 1.63. The summed E-state index contributed by atoms with van der Waals surface area (Å²) in [6.45, 7) is 1.59. The first-order valence-electron chi connectivity index (χ1n) is 7.72. The summed E-state index contributed by atoms with van der Waals surface area (Å²) in [7, 11) is 0. The van der Waals surface area contributed by atoms with E-state index in [1.165, 1.54) is 6.07 Å². The molecule has 1 aliphatic carbocycles. The highest BCUT2D eigenvalue weighted by molar-refractivity contribution is 7.80. The summed E-state index contributed by atoms with van der Waals surface area (Å²) < 4.78 is 14.3. The highest BCUT2D eigenvalue weighted by atomic mass is 32.1. The summed E-state index contributed by atoms with van der Waals surface area (Å²) in [6.07, 6.45) is 1.88. The van der Waals surface area contributed by atoms with Gasteiger partial charge in [-0.25, -0.2) is 4.39 Å². The molecule has 0 spiro atoms. The molecule has 1 fully saturated rings. The van der Waals surface area contributed by atoms with E-state index >= 15 is 0 Å². The molecule has 2 amide bonds. The molecule has 7 nitrogen and oxygen atoms in total. The standard InChI is InChI=1S/C16H20FN5O2S/c1-7(18)4-13(25)21-11-6-12(10(17)5-9(11)15(19)23)22-14(16(20)24)8-2-3-8/h5-6,8,14,18,22H,2-4H2,1H3,(H2,19,23)(H2,20,24)(H,21,25). The molecule has 1 aromatic carbocycles. The van der Waals surface area contributed by atoms with Crippen LogP contribution >= 0.6 is 12.2 Å². The maximum atomic E-state index is 14.3. The van der Waals surface area contributed by atoms with Crippen LogP contribution in [-0.2, 0) is 4.79 Å². The Morgan fingerprint density at radius 2 is 2.00 bits per heavy atom. The van der Waals surface area contributed by atoms with Gasteiger partial charge in [-0.2, -0.15) is 0 Å². The number of primary amides is 2. The molecule has 1 saturated carbocycles. The van der Waals surface area contributed by atoms with Crippen molar-refractivity contribution in [3.63, 3.8) is 0 Å². The second kappa shape index (κ2) is 7.56. The van der Waals surface area contributed by atoms with Crippen LogP contribution in [0.1, 0.15) is 36.5 Å². The van der Waals surface area contributed by atoms with Crippen LogP contribution in [0.2, 0.25) is 0 Å². The molecule has 0 radical (unpaired) electrons. The van der Waals surface area contributed by atoms with Gasteiger partial charge in [0.1, 0.15) is 11.9 Å². The highest BCUT2D eigenvalue weighted by Gasteiger charge is 2.35. The molecule has 1 unspecified atom stereocenters. The second-order valence-electron chi connectivity index (χ2n) is 6.11. The van der Waals surface area contributed by atoms with Crippen molar-refractivity contribution >= 4 is 46.1 Å². The first-order valence-corrected chi connectivity index (χ1v) is 8.13. The van der Waals surface area contributed by atoms with E-state index in [4.69, 9.17) is 29.1 Å². The number of hydrogen-bond acceptors (Lipinski definition) is 5. The van der Waals surface area contributed by atoms with E-state index in [1.54, 1.807) is 6.92 Å². The average Bonchev–Trinajstić information content (AvgIpc) is 3.30. The Bertz CT molecular complexity index is 748. The van der Waals surface area contributed by atoms with Crippen LogP contribution in [0.3, 0.4) is 0 Å². The van der Waals surface area contributed by atoms with Crippen molar-refractivity contribution in [2.45, 2.75) is 32.2 Å². The molecule has 25 heavy (non-hydrogen) atoms. The minimum atomic E-state index is -0.823. The predicted octanol–water partition coefficient (Wildman–Crippen LogP) is 1.77. The molecule has 0 bridgehead atoms. The minimum Gasteiger partial charge on any atom is -0.371 e. The topological polar surface area (TPSA) is 134 Å². The van der Waals surface area contributed by atoms with Crippen LogP contribution in [0.15, 0.2) is 12.1 Å². The summed E-state index contributed by atoms with van der Waals surface area (Å²) in [5.74, 6) is -2.03. The fourth-order valence-corrected chi connectivity index (χ4v) is 2.77. The smallest absolute Gasteiger partial charge is 0.250 e. The van der Waals surface area contributed by atoms with E-state index in [-0.39, 0.29) is 29.3 Å². The summed E-state index contributed by atoms with van der Waals surface area (Å²) in [5.41, 5.74) is 11.2. The van der Waals surface area contributed by atoms with Gasteiger partial charge in [-0.15, -0.1) is 0 Å². The lowest BCUT2D eigenvalue weighted by Gasteiger charge is -2.19. The maximum absolute atomic E-state index is 14.3. The Morgan fingerprint density at radius 1 is 1.36 bits per heavy atom. The molecule has 1 aromatic rings. The Morgan fingerprint density at radius 3 is 2.48 bits per heavy atom. The van der Waals surface area contributed by atoms with Crippen molar-refractivity contribution in [1.82, 2.24) is 0 Å². The molecular formula is C16H20FN5O2S. The van der Waals surface area contributed by atoms with E-state index in [0.717, 1.165) is 18.9 Å². The minimum absolute atomic E-state index is 0.0255. The number of halogens is 1. The van der Waals surface area contributed by atoms with Gasteiger partial charge in [0, 0.05) is 12.1 Å². The third-order valence-corrected chi connectivity index (χ3v) is 4.03. The monoisotopic (exact) mass is 365 g/mol. The van der Waals surface area contributed by atoms with Crippen molar-refractivity contribution in [2.24, 2.45) is 17.4 Å². The molecule has 0 heterocycles. The summed E-state index contributed by atoms with van der Waals surface area (Å²) >= 11 is 5.12. The molecule has 0 aromatic heterocycles. The van der Waals surface area contributed by atoms with Crippen LogP contribution in [-0.4, -0.2) is 28.6 Å². The van der Waals surface area contributed by atoms with Crippen LogP contribution in [0, 0.1) is 17.1 Å². The number of benzene rings is 1. The van der Waals surface area contributed by atoms with Crippen molar-refractivity contribution in [1.29, 1.82) is 5.41 Å². The number of nitrogens with two attached hydrogens (primary N) is 2. The lowest BCUT2D eigenvalue weighted by molar-refractivity contribution is -0.119. The van der Waals surface area contributed by atoms with Crippen LogP contribution < -0.4 is 22.1 Å². The summed E-state index contributed by atoms with van der Waals surface area (Å²) in [5, 5.41) is 13.1. The third-order valence-electron chi connectivity index (χ3n) is 3.78. The number of amides is 2. The normalized spacial score (nSPS) is 14.5. The lowest BCUT2D eigenvalue weighted by atomic mass is 10.1. The fourth-order valence-electron chi connectivity index (χ4n) is 2.44. The van der Waals surface area contributed by atoms with Crippen molar-refractivity contribution in [2.75, 3.05) is 10.6 Å². The molecule has 0 saturated heterocycles. The summed E-state index contributed by atoms with van der Waals surface area (Å²) in [4.78, 5) is 23.4. The first kappa shape index (κ1) is 18.8. The lowest BCUT2D eigenvalue weighted by Crippen LogP contribution is -2.37. The van der Waals surface area contributed by atoms with Gasteiger partial charge in [0.2, 0.25) is 5.91 Å².